The molecule has 0 saturated carbocycles. The first-order valence-electron chi connectivity index (χ1n) is 4.65. The van der Waals surface area contributed by atoms with E-state index >= 15 is 0 Å². The predicted octanol–water partition coefficient (Wildman–Crippen LogP) is 3.38. The fraction of sp³-hybridized carbons (Fsp3) is 0.333. The lowest BCUT2D eigenvalue weighted by Gasteiger charge is -2.15. The lowest BCUT2D eigenvalue weighted by Crippen LogP contribution is -2.18. The number of rotatable bonds is 1. The molecule has 1 aliphatic heterocycles. The normalized spacial score (nSPS) is 13.0. The molecule has 15 heavy (non-hydrogen) atoms. The number of halogens is 1. The Kier molecular flexibility index (Phi) is 4.12. The summed E-state index contributed by atoms with van der Waals surface area (Å²) in [5.41, 5.74) is 4.00. The molecule has 0 aliphatic carbocycles. The SMILES string of the molecule is Br.C#CCN1CSc2cc(C)c(C)cc21. The molecule has 1 aliphatic rings. The summed E-state index contributed by atoms with van der Waals surface area (Å²) < 4.78 is 0. The van der Waals surface area contributed by atoms with Crippen LogP contribution in [-0.2, 0) is 0 Å². The molecule has 1 aromatic carbocycles. The molecule has 0 spiro atoms. The molecule has 0 unspecified atom stereocenters. The fourth-order valence-corrected chi connectivity index (χ4v) is 2.72. The average molecular weight is 284 g/mol. The molecule has 80 valence electrons. The van der Waals surface area contributed by atoms with Gasteiger partial charge in [-0.15, -0.1) is 35.2 Å². The average Bonchev–Trinajstić information content (AvgIpc) is 2.51. The van der Waals surface area contributed by atoms with Gasteiger partial charge in [0.15, 0.2) is 0 Å². The van der Waals surface area contributed by atoms with Crippen molar-refractivity contribution in [1.29, 1.82) is 0 Å². The van der Waals surface area contributed by atoms with Crippen LogP contribution < -0.4 is 4.90 Å². The first-order valence-corrected chi connectivity index (χ1v) is 5.63. The van der Waals surface area contributed by atoms with E-state index in [0.717, 1.165) is 5.88 Å². The molecule has 0 amide bonds. The smallest absolute Gasteiger partial charge is 0.0800 e. The molecule has 1 heterocycles. The van der Waals surface area contributed by atoms with Gasteiger partial charge in [-0.05, 0) is 37.1 Å². The Hall–Kier alpha value is -0.590. The van der Waals surface area contributed by atoms with Crippen molar-refractivity contribution in [1.82, 2.24) is 0 Å². The fourth-order valence-electron chi connectivity index (χ4n) is 1.60. The van der Waals surface area contributed by atoms with Crippen LogP contribution >= 0.6 is 28.7 Å². The maximum Gasteiger partial charge on any atom is 0.0800 e. The van der Waals surface area contributed by atoms with Gasteiger partial charge in [-0.1, -0.05) is 5.92 Å². The minimum absolute atomic E-state index is 0. The molecule has 0 saturated heterocycles. The summed E-state index contributed by atoms with van der Waals surface area (Å²) in [4.78, 5) is 3.61. The van der Waals surface area contributed by atoms with E-state index in [1.807, 2.05) is 11.8 Å². The molecule has 0 bridgehead atoms. The van der Waals surface area contributed by atoms with Crippen LogP contribution in [0.15, 0.2) is 17.0 Å². The van der Waals surface area contributed by atoms with Gasteiger partial charge in [-0.3, -0.25) is 0 Å². The van der Waals surface area contributed by atoms with E-state index in [0.29, 0.717) is 6.54 Å². The number of aryl methyl sites for hydroxylation is 2. The molecule has 0 aromatic heterocycles. The highest BCUT2D eigenvalue weighted by Gasteiger charge is 2.19. The van der Waals surface area contributed by atoms with Crippen LogP contribution in [0, 0.1) is 26.2 Å². The second kappa shape index (κ2) is 4.96. The molecule has 2 rings (SSSR count). The Labute approximate surface area is 106 Å². The van der Waals surface area contributed by atoms with Crippen LogP contribution in [0.3, 0.4) is 0 Å². The number of nitrogens with zero attached hydrogens (tertiary/aromatic N) is 1. The predicted molar refractivity (Wildman–Crippen MR) is 73.1 cm³/mol. The maximum absolute atomic E-state index is 5.33. The Morgan fingerprint density at radius 2 is 2.07 bits per heavy atom. The van der Waals surface area contributed by atoms with Crippen LogP contribution in [-0.4, -0.2) is 12.4 Å². The van der Waals surface area contributed by atoms with Crippen molar-refractivity contribution in [2.45, 2.75) is 18.7 Å². The topological polar surface area (TPSA) is 3.24 Å². The van der Waals surface area contributed by atoms with E-state index in [1.165, 1.54) is 21.7 Å². The van der Waals surface area contributed by atoms with Gasteiger partial charge < -0.3 is 4.90 Å². The molecule has 0 fully saturated rings. The molecule has 0 atom stereocenters. The van der Waals surface area contributed by atoms with Gasteiger partial charge in [0.25, 0.3) is 0 Å². The van der Waals surface area contributed by atoms with Crippen LogP contribution in [0.1, 0.15) is 11.1 Å². The highest BCUT2D eigenvalue weighted by molar-refractivity contribution is 8.93. The molecule has 3 heteroatoms. The Balaban J connectivity index is 0.00000112. The Bertz CT molecular complexity index is 409. The van der Waals surface area contributed by atoms with Crippen LogP contribution in [0.4, 0.5) is 5.69 Å². The van der Waals surface area contributed by atoms with Crippen molar-refractivity contribution in [2.24, 2.45) is 0 Å². The number of hydrogen-bond donors (Lipinski definition) is 0. The number of hydrogen-bond acceptors (Lipinski definition) is 2. The largest absolute Gasteiger partial charge is 0.350 e. The van der Waals surface area contributed by atoms with Crippen molar-refractivity contribution in [2.75, 3.05) is 17.3 Å². The summed E-state index contributed by atoms with van der Waals surface area (Å²) in [6.45, 7) is 5.01. The number of anilines is 1. The molecular formula is C12H14BrNS. The lowest BCUT2D eigenvalue weighted by atomic mass is 10.1. The van der Waals surface area contributed by atoms with Gasteiger partial charge in [0.1, 0.15) is 0 Å². The quantitative estimate of drug-likeness (QED) is 0.727. The van der Waals surface area contributed by atoms with Crippen molar-refractivity contribution in [3.05, 3.63) is 23.3 Å². The minimum atomic E-state index is 0. The van der Waals surface area contributed by atoms with Crippen molar-refractivity contribution >= 4 is 34.4 Å². The maximum atomic E-state index is 5.33. The zero-order valence-electron chi connectivity index (χ0n) is 8.91. The summed E-state index contributed by atoms with van der Waals surface area (Å²) in [6, 6.07) is 4.49. The monoisotopic (exact) mass is 283 g/mol. The Morgan fingerprint density at radius 1 is 1.40 bits per heavy atom. The molecule has 1 aromatic rings. The summed E-state index contributed by atoms with van der Waals surface area (Å²) in [5, 5.41) is 0. The second-order valence-electron chi connectivity index (χ2n) is 3.58. The van der Waals surface area contributed by atoms with Crippen molar-refractivity contribution in [3.63, 3.8) is 0 Å². The van der Waals surface area contributed by atoms with Gasteiger partial charge in [0, 0.05) is 4.90 Å². The third-order valence-corrected chi connectivity index (χ3v) is 3.65. The molecule has 1 nitrogen and oxygen atoms in total. The minimum Gasteiger partial charge on any atom is -0.350 e. The third kappa shape index (κ3) is 2.32. The van der Waals surface area contributed by atoms with Crippen LogP contribution in [0.2, 0.25) is 0 Å². The van der Waals surface area contributed by atoms with E-state index in [9.17, 15) is 0 Å². The van der Waals surface area contributed by atoms with E-state index in [2.05, 4.69) is 36.8 Å². The molecular weight excluding hydrogens is 270 g/mol. The molecule has 0 radical (unpaired) electrons. The summed E-state index contributed by atoms with van der Waals surface area (Å²) >= 11 is 1.87. The van der Waals surface area contributed by atoms with Crippen molar-refractivity contribution < 1.29 is 0 Å². The first kappa shape index (κ1) is 12.5. The van der Waals surface area contributed by atoms with Gasteiger partial charge in [-0.25, -0.2) is 0 Å². The third-order valence-electron chi connectivity index (χ3n) is 2.57. The zero-order valence-corrected chi connectivity index (χ0v) is 11.4. The standard InChI is InChI=1S/C12H13NS.BrH/c1-4-5-13-8-14-12-7-10(3)9(2)6-11(12)13;/h1,6-7H,5,8H2,2-3H3;1H. The highest BCUT2D eigenvalue weighted by Crippen LogP contribution is 2.39. The van der Waals surface area contributed by atoms with Gasteiger partial charge in [-0.2, -0.15) is 0 Å². The lowest BCUT2D eigenvalue weighted by molar-refractivity contribution is 1.02. The Morgan fingerprint density at radius 3 is 2.73 bits per heavy atom. The number of terminal acetylenes is 1. The second-order valence-corrected chi connectivity index (χ2v) is 4.57. The van der Waals surface area contributed by atoms with E-state index in [-0.39, 0.29) is 17.0 Å². The zero-order chi connectivity index (χ0) is 10.1. The number of thioether (sulfide) groups is 1. The van der Waals surface area contributed by atoms with Gasteiger partial charge >= 0.3 is 0 Å². The summed E-state index contributed by atoms with van der Waals surface area (Å²) in [6.07, 6.45) is 5.33. The van der Waals surface area contributed by atoms with Crippen LogP contribution in [0.25, 0.3) is 0 Å². The van der Waals surface area contributed by atoms with E-state index in [4.69, 9.17) is 6.42 Å². The van der Waals surface area contributed by atoms with Crippen molar-refractivity contribution in [3.8, 4) is 12.3 Å². The van der Waals surface area contributed by atoms with Gasteiger partial charge in [0.05, 0.1) is 18.1 Å². The number of fused-ring (bicyclic) bond motifs is 1. The summed E-state index contributed by atoms with van der Waals surface area (Å²) in [5.74, 6) is 3.69. The van der Waals surface area contributed by atoms with Gasteiger partial charge in [0.2, 0.25) is 0 Å². The number of benzene rings is 1. The summed E-state index contributed by atoms with van der Waals surface area (Å²) in [7, 11) is 0. The first-order chi connectivity index (χ1) is 6.72. The molecule has 0 N–H and O–H groups in total. The van der Waals surface area contributed by atoms with E-state index < -0.39 is 0 Å². The van der Waals surface area contributed by atoms with E-state index in [1.54, 1.807) is 0 Å². The van der Waals surface area contributed by atoms with Crippen LogP contribution in [0.5, 0.6) is 0 Å². The highest BCUT2D eigenvalue weighted by atomic mass is 79.9.